The average molecular weight is 296 g/mol. The summed E-state index contributed by atoms with van der Waals surface area (Å²) in [5, 5.41) is 4.87. The third kappa shape index (κ3) is 5.66. The second-order valence-corrected chi connectivity index (χ2v) is 5.20. The highest BCUT2D eigenvalue weighted by molar-refractivity contribution is 5.78. The average Bonchev–Trinajstić information content (AvgIpc) is 2.42. The van der Waals surface area contributed by atoms with Crippen LogP contribution in [0.25, 0.3) is 0 Å². The first-order valence-electron chi connectivity index (χ1n) is 7.01. The van der Waals surface area contributed by atoms with Crippen molar-refractivity contribution in [1.82, 2.24) is 10.6 Å². The van der Waals surface area contributed by atoms with Gasteiger partial charge >= 0.3 is 6.18 Å². The zero-order valence-corrected chi connectivity index (χ0v) is 12.0. The largest absolute Gasteiger partial charge is 0.405 e. The Morgan fingerprint density at radius 1 is 1.35 bits per heavy atom. The van der Waals surface area contributed by atoms with Gasteiger partial charge in [0.2, 0.25) is 5.91 Å². The van der Waals surface area contributed by atoms with Crippen LogP contribution in [0.3, 0.4) is 0 Å². The van der Waals surface area contributed by atoms with Crippen LogP contribution in [-0.4, -0.2) is 43.4 Å². The van der Waals surface area contributed by atoms with Gasteiger partial charge in [0.15, 0.2) is 0 Å². The molecule has 1 fully saturated rings. The number of hydrogen-bond donors (Lipinski definition) is 2. The number of carbonyl (C=O) groups is 1. The molecule has 0 aromatic heterocycles. The van der Waals surface area contributed by atoms with Gasteiger partial charge in [0.1, 0.15) is 6.54 Å². The van der Waals surface area contributed by atoms with Crippen molar-refractivity contribution in [3.05, 3.63) is 0 Å². The van der Waals surface area contributed by atoms with Crippen molar-refractivity contribution >= 4 is 5.91 Å². The Kier molecular flexibility index (Phi) is 6.26. The Hall–Kier alpha value is -0.820. The number of hydrogen-bond acceptors (Lipinski definition) is 3. The van der Waals surface area contributed by atoms with Gasteiger partial charge in [-0.1, -0.05) is 13.8 Å². The lowest BCUT2D eigenvalue weighted by Gasteiger charge is -2.40. The molecule has 0 aromatic carbocycles. The summed E-state index contributed by atoms with van der Waals surface area (Å²) in [4.78, 5) is 11.3. The number of amides is 1. The van der Waals surface area contributed by atoms with E-state index in [-0.39, 0.29) is 18.2 Å². The molecule has 1 unspecified atom stereocenters. The van der Waals surface area contributed by atoms with Gasteiger partial charge in [0.05, 0.1) is 12.1 Å². The van der Waals surface area contributed by atoms with Gasteiger partial charge < -0.3 is 15.4 Å². The number of nitrogens with one attached hydrogen (secondary N) is 2. The summed E-state index contributed by atoms with van der Waals surface area (Å²) in [5.41, 5.74) is -0.168. The quantitative estimate of drug-likeness (QED) is 0.788. The Morgan fingerprint density at radius 3 is 2.55 bits per heavy atom. The van der Waals surface area contributed by atoms with Gasteiger partial charge in [-0.25, -0.2) is 0 Å². The maximum Gasteiger partial charge on any atom is 0.405 e. The topological polar surface area (TPSA) is 50.4 Å². The van der Waals surface area contributed by atoms with Crippen molar-refractivity contribution in [2.24, 2.45) is 0 Å². The van der Waals surface area contributed by atoms with Crippen LogP contribution in [0, 0.1) is 0 Å². The number of ether oxygens (including phenoxy) is 1. The van der Waals surface area contributed by atoms with Crippen molar-refractivity contribution in [2.75, 3.05) is 19.7 Å². The van der Waals surface area contributed by atoms with Crippen molar-refractivity contribution in [1.29, 1.82) is 0 Å². The molecule has 4 nitrogen and oxygen atoms in total. The Labute approximate surface area is 117 Å². The second kappa shape index (κ2) is 7.26. The van der Waals surface area contributed by atoms with Crippen molar-refractivity contribution in [3.63, 3.8) is 0 Å². The standard InChI is InChI=1S/C13H23F3N2O2/c1-3-12(4-2)7-10(5-6-20-12)17-8-11(19)18-9-13(14,15)16/h10,17H,3-9H2,1-2H3,(H,18,19). The summed E-state index contributed by atoms with van der Waals surface area (Å²) in [7, 11) is 0. The fourth-order valence-electron chi connectivity index (χ4n) is 2.44. The molecule has 7 heteroatoms. The number of alkyl halides is 3. The van der Waals surface area contributed by atoms with Crippen molar-refractivity contribution in [3.8, 4) is 0 Å². The minimum Gasteiger partial charge on any atom is -0.375 e. The molecule has 1 rings (SSSR count). The van der Waals surface area contributed by atoms with Crippen molar-refractivity contribution < 1.29 is 22.7 Å². The van der Waals surface area contributed by atoms with Gasteiger partial charge in [-0.05, 0) is 25.7 Å². The van der Waals surface area contributed by atoms with Crippen LogP contribution in [0.2, 0.25) is 0 Å². The van der Waals surface area contributed by atoms with Crippen LogP contribution < -0.4 is 10.6 Å². The zero-order chi connectivity index (χ0) is 15.2. The molecule has 1 aliphatic heterocycles. The fraction of sp³-hybridized carbons (Fsp3) is 0.923. The molecule has 0 bridgehead atoms. The van der Waals surface area contributed by atoms with Crippen LogP contribution in [0.1, 0.15) is 39.5 Å². The highest BCUT2D eigenvalue weighted by Crippen LogP contribution is 2.31. The normalized spacial score (nSPS) is 22.6. The summed E-state index contributed by atoms with van der Waals surface area (Å²) >= 11 is 0. The molecule has 1 saturated heterocycles. The monoisotopic (exact) mass is 296 g/mol. The maximum atomic E-state index is 12.0. The van der Waals surface area contributed by atoms with E-state index < -0.39 is 18.6 Å². The fourth-order valence-corrected chi connectivity index (χ4v) is 2.44. The molecule has 1 amide bonds. The first kappa shape index (κ1) is 17.2. The molecule has 1 aliphatic rings. The highest BCUT2D eigenvalue weighted by atomic mass is 19.4. The van der Waals surface area contributed by atoms with E-state index in [1.165, 1.54) is 0 Å². The van der Waals surface area contributed by atoms with E-state index in [2.05, 4.69) is 19.2 Å². The first-order chi connectivity index (χ1) is 9.30. The first-order valence-corrected chi connectivity index (χ1v) is 7.01. The van der Waals surface area contributed by atoms with Gasteiger partial charge in [-0.3, -0.25) is 4.79 Å². The van der Waals surface area contributed by atoms with E-state index in [0.717, 1.165) is 25.7 Å². The molecular formula is C13H23F3N2O2. The van der Waals surface area contributed by atoms with Crippen LogP contribution >= 0.6 is 0 Å². The molecule has 2 N–H and O–H groups in total. The summed E-state index contributed by atoms with van der Waals surface area (Å²) in [6.07, 6.45) is -1.03. The van der Waals surface area contributed by atoms with Crippen LogP contribution in [0.4, 0.5) is 13.2 Å². The Balaban J connectivity index is 2.32. The molecule has 118 valence electrons. The predicted molar refractivity (Wildman–Crippen MR) is 69.4 cm³/mol. The second-order valence-electron chi connectivity index (χ2n) is 5.20. The van der Waals surface area contributed by atoms with E-state index in [1.807, 2.05) is 5.32 Å². The lowest BCUT2D eigenvalue weighted by atomic mass is 9.86. The maximum absolute atomic E-state index is 12.0. The molecule has 0 spiro atoms. The molecular weight excluding hydrogens is 273 g/mol. The predicted octanol–water partition coefficient (Wildman–Crippen LogP) is 1.99. The molecule has 0 aromatic rings. The molecule has 1 heterocycles. The summed E-state index contributed by atoms with van der Waals surface area (Å²) in [6, 6.07) is 0.111. The van der Waals surface area contributed by atoms with Gasteiger partial charge in [-0.15, -0.1) is 0 Å². The van der Waals surface area contributed by atoms with Crippen LogP contribution in [0.5, 0.6) is 0 Å². The van der Waals surface area contributed by atoms with Gasteiger partial charge in [0, 0.05) is 12.6 Å². The van der Waals surface area contributed by atoms with E-state index >= 15 is 0 Å². The van der Waals surface area contributed by atoms with Gasteiger partial charge in [0.25, 0.3) is 0 Å². The van der Waals surface area contributed by atoms with Crippen LogP contribution in [-0.2, 0) is 9.53 Å². The summed E-state index contributed by atoms with van der Waals surface area (Å²) in [6.45, 7) is 3.35. The Bertz CT molecular complexity index is 317. The molecule has 0 saturated carbocycles. The van der Waals surface area contributed by atoms with Crippen LogP contribution in [0.15, 0.2) is 0 Å². The minimum atomic E-state index is -4.37. The Morgan fingerprint density at radius 2 is 2.00 bits per heavy atom. The molecule has 20 heavy (non-hydrogen) atoms. The van der Waals surface area contributed by atoms with E-state index in [9.17, 15) is 18.0 Å². The number of halogens is 3. The smallest absolute Gasteiger partial charge is 0.375 e. The van der Waals surface area contributed by atoms with E-state index in [0.29, 0.717) is 6.61 Å². The molecule has 0 aliphatic carbocycles. The number of carbonyl (C=O) groups excluding carboxylic acids is 1. The lowest BCUT2D eigenvalue weighted by molar-refractivity contribution is -0.138. The van der Waals surface area contributed by atoms with Gasteiger partial charge in [-0.2, -0.15) is 13.2 Å². The highest BCUT2D eigenvalue weighted by Gasteiger charge is 2.34. The number of rotatable bonds is 6. The third-order valence-corrected chi connectivity index (χ3v) is 3.82. The molecule has 1 atom stereocenters. The lowest BCUT2D eigenvalue weighted by Crippen LogP contribution is -2.49. The van der Waals surface area contributed by atoms with Crippen molar-refractivity contribution in [2.45, 2.75) is 57.3 Å². The minimum absolute atomic E-state index is 0.0930. The zero-order valence-electron chi connectivity index (χ0n) is 12.0. The van der Waals surface area contributed by atoms with E-state index in [4.69, 9.17) is 4.74 Å². The SMILES string of the molecule is CCC1(CC)CC(NCC(=O)NCC(F)(F)F)CCO1. The summed E-state index contributed by atoms with van der Waals surface area (Å²) < 4.78 is 41.7. The molecule has 0 radical (unpaired) electrons. The van der Waals surface area contributed by atoms with E-state index in [1.54, 1.807) is 0 Å². The third-order valence-electron chi connectivity index (χ3n) is 3.82. The summed E-state index contributed by atoms with van der Waals surface area (Å²) in [5.74, 6) is -0.632.